The van der Waals surface area contributed by atoms with Crippen molar-refractivity contribution in [3.05, 3.63) is 59.7 Å². The number of aromatic nitrogens is 3. The molecule has 4 aromatic rings. The van der Waals surface area contributed by atoms with Gasteiger partial charge < -0.3 is 25.1 Å². The van der Waals surface area contributed by atoms with Gasteiger partial charge in [0, 0.05) is 44.2 Å². The van der Waals surface area contributed by atoms with Crippen molar-refractivity contribution in [1.82, 2.24) is 19.4 Å². The lowest BCUT2D eigenvalue weighted by Gasteiger charge is -2.27. The summed E-state index contributed by atoms with van der Waals surface area (Å²) in [4.78, 5) is 11.7. The fraction of sp³-hybridized carbons (Fsp3) is 0.400. The number of nitrogens with two attached hydrogens (primary N) is 1. The van der Waals surface area contributed by atoms with Crippen LogP contribution in [0.2, 0.25) is 0 Å². The van der Waals surface area contributed by atoms with Gasteiger partial charge in [-0.25, -0.2) is 4.98 Å². The number of fused-ring (bicyclic) bond motifs is 3. The summed E-state index contributed by atoms with van der Waals surface area (Å²) in [7, 11) is 3.49. The summed E-state index contributed by atoms with van der Waals surface area (Å²) in [6.07, 6.45) is 5.56. The van der Waals surface area contributed by atoms with Crippen LogP contribution in [0.25, 0.3) is 27.5 Å². The largest absolute Gasteiger partial charge is 0.496 e. The second-order valence-electron chi connectivity index (χ2n) is 9.82. The van der Waals surface area contributed by atoms with Gasteiger partial charge in [0.25, 0.3) is 0 Å². The maximum absolute atomic E-state index is 6.16. The Morgan fingerprint density at radius 2 is 1.97 bits per heavy atom. The minimum absolute atomic E-state index is 0.279. The highest BCUT2D eigenvalue weighted by Crippen LogP contribution is 2.35. The van der Waals surface area contributed by atoms with Crippen molar-refractivity contribution in [3.8, 4) is 5.75 Å². The summed E-state index contributed by atoms with van der Waals surface area (Å²) in [5.41, 5.74) is 12.8. The van der Waals surface area contributed by atoms with E-state index in [0.29, 0.717) is 6.54 Å². The molecule has 0 amide bonds. The highest BCUT2D eigenvalue weighted by Gasteiger charge is 2.20. The topological polar surface area (TPSA) is 90.5 Å². The van der Waals surface area contributed by atoms with E-state index in [1.807, 2.05) is 6.07 Å². The monoisotopic (exact) mass is 514 g/mol. The Morgan fingerprint density at radius 1 is 1.11 bits per heavy atom. The molecule has 0 spiro atoms. The summed E-state index contributed by atoms with van der Waals surface area (Å²) in [5.74, 6) is 1.92. The average molecular weight is 515 g/mol. The molecule has 200 valence electrons. The number of unbranched alkanes of at least 4 members (excludes halogenated alkanes) is 1. The summed E-state index contributed by atoms with van der Waals surface area (Å²) < 4.78 is 13.4. The molecule has 2 aromatic heterocycles. The number of nitrogen functional groups attached to an aromatic ring is 1. The highest BCUT2D eigenvalue weighted by atomic mass is 16.5. The first-order valence-electron chi connectivity index (χ1n) is 13.5. The first-order chi connectivity index (χ1) is 18.6. The van der Waals surface area contributed by atoms with Crippen LogP contribution in [0.15, 0.2) is 48.5 Å². The van der Waals surface area contributed by atoms with Gasteiger partial charge in [0.1, 0.15) is 16.8 Å². The Balaban J connectivity index is 1.57. The maximum Gasteiger partial charge on any atom is 0.222 e. The van der Waals surface area contributed by atoms with Gasteiger partial charge in [-0.2, -0.15) is 4.98 Å². The molecular formula is C30H38N6O2. The second kappa shape index (κ2) is 11.8. The highest BCUT2D eigenvalue weighted by molar-refractivity contribution is 6.09. The fourth-order valence-electron chi connectivity index (χ4n) is 5.31. The van der Waals surface area contributed by atoms with E-state index >= 15 is 0 Å². The number of rotatable bonds is 11. The third-order valence-electron chi connectivity index (χ3n) is 7.27. The van der Waals surface area contributed by atoms with Crippen molar-refractivity contribution in [2.75, 3.05) is 58.1 Å². The number of benzene rings is 2. The van der Waals surface area contributed by atoms with E-state index < -0.39 is 0 Å². The van der Waals surface area contributed by atoms with Crippen LogP contribution in [0, 0.1) is 0 Å². The summed E-state index contributed by atoms with van der Waals surface area (Å²) in [6.45, 7) is 7.30. The van der Waals surface area contributed by atoms with E-state index in [9.17, 15) is 0 Å². The van der Waals surface area contributed by atoms with Crippen LogP contribution in [0.5, 0.6) is 5.75 Å². The first kappa shape index (κ1) is 26.0. The number of hydrogen-bond donors (Lipinski definition) is 2. The normalized spacial score (nSPS) is 14.2. The lowest BCUT2D eigenvalue weighted by Crippen LogP contribution is -2.32. The molecule has 5 rings (SSSR count). The van der Waals surface area contributed by atoms with Crippen LogP contribution in [0.1, 0.15) is 37.3 Å². The molecule has 38 heavy (non-hydrogen) atoms. The molecule has 0 saturated carbocycles. The van der Waals surface area contributed by atoms with Crippen molar-refractivity contribution in [3.63, 3.8) is 0 Å². The summed E-state index contributed by atoms with van der Waals surface area (Å²) in [6, 6.07) is 14.9. The van der Waals surface area contributed by atoms with Crippen LogP contribution in [-0.2, 0) is 11.3 Å². The third kappa shape index (κ3) is 5.33. The quantitative estimate of drug-likeness (QED) is 0.267. The molecular weight excluding hydrogens is 476 g/mol. The number of anilines is 2. The first-order valence-corrected chi connectivity index (χ1v) is 13.5. The minimum Gasteiger partial charge on any atom is -0.496 e. The molecule has 1 aliphatic heterocycles. The average Bonchev–Trinajstić information content (AvgIpc) is 3.25. The Hall–Kier alpha value is -3.62. The van der Waals surface area contributed by atoms with Crippen molar-refractivity contribution in [2.24, 2.45) is 0 Å². The smallest absolute Gasteiger partial charge is 0.222 e. The van der Waals surface area contributed by atoms with Crippen molar-refractivity contribution in [2.45, 2.75) is 32.7 Å². The molecule has 3 N–H and O–H groups in total. The molecule has 0 fully saturated rings. The Morgan fingerprint density at radius 3 is 2.79 bits per heavy atom. The SMILES string of the molecule is CCCCNc1nc(N)nc2c3ccccc3n(Cc3cc(C4=CCCN(CCOC)C4)ccc3OC)c12. The zero-order valence-electron chi connectivity index (χ0n) is 22.7. The van der Waals surface area contributed by atoms with E-state index in [1.54, 1.807) is 14.2 Å². The number of nitrogens with one attached hydrogen (secondary N) is 1. The fourth-order valence-corrected chi connectivity index (χ4v) is 5.31. The number of ether oxygens (including phenoxy) is 2. The molecule has 0 aliphatic carbocycles. The Labute approximate surface area is 224 Å². The molecule has 0 unspecified atom stereocenters. The third-order valence-corrected chi connectivity index (χ3v) is 7.27. The second-order valence-corrected chi connectivity index (χ2v) is 9.82. The van der Waals surface area contributed by atoms with Crippen LogP contribution in [0.3, 0.4) is 0 Å². The molecule has 0 bridgehead atoms. The molecule has 1 aliphatic rings. The number of para-hydroxylation sites is 1. The molecule has 0 atom stereocenters. The van der Waals surface area contributed by atoms with E-state index in [0.717, 1.165) is 91.1 Å². The van der Waals surface area contributed by atoms with E-state index in [1.165, 1.54) is 11.1 Å². The predicted octanol–water partition coefficient (Wildman–Crippen LogP) is 5.17. The van der Waals surface area contributed by atoms with E-state index in [4.69, 9.17) is 15.2 Å². The lowest BCUT2D eigenvalue weighted by molar-refractivity contribution is 0.154. The van der Waals surface area contributed by atoms with Gasteiger partial charge in [-0.1, -0.05) is 43.7 Å². The van der Waals surface area contributed by atoms with Crippen LogP contribution in [-0.4, -0.2) is 66.4 Å². The molecule has 0 saturated heterocycles. The number of nitrogens with zero attached hydrogens (tertiary/aromatic N) is 4. The van der Waals surface area contributed by atoms with Crippen LogP contribution >= 0.6 is 0 Å². The molecule has 8 heteroatoms. The van der Waals surface area contributed by atoms with Gasteiger partial charge in [-0.3, -0.25) is 4.90 Å². The minimum atomic E-state index is 0.279. The van der Waals surface area contributed by atoms with Gasteiger partial charge in [-0.15, -0.1) is 0 Å². The van der Waals surface area contributed by atoms with Gasteiger partial charge in [-0.05, 0) is 42.2 Å². The predicted molar refractivity (Wildman–Crippen MR) is 156 cm³/mol. The van der Waals surface area contributed by atoms with Crippen LogP contribution < -0.4 is 15.8 Å². The number of hydrogen-bond acceptors (Lipinski definition) is 7. The van der Waals surface area contributed by atoms with Gasteiger partial charge in [0.05, 0.1) is 25.8 Å². The van der Waals surface area contributed by atoms with Gasteiger partial charge in [0.2, 0.25) is 5.95 Å². The number of methoxy groups -OCH3 is 2. The Bertz CT molecular complexity index is 1440. The summed E-state index contributed by atoms with van der Waals surface area (Å²) >= 11 is 0. The summed E-state index contributed by atoms with van der Waals surface area (Å²) in [5, 5.41) is 4.59. The Kier molecular flexibility index (Phi) is 8.10. The zero-order valence-corrected chi connectivity index (χ0v) is 22.7. The van der Waals surface area contributed by atoms with Gasteiger partial charge >= 0.3 is 0 Å². The maximum atomic E-state index is 6.16. The molecule has 2 aromatic carbocycles. The van der Waals surface area contributed by atoms with E-state index in [-0.39, 0.29) is 5.95 Å². The molecule has 0 radical (unpaired) electrons. The molecule has 8 nitrogen and oxygen atoms in total. The molecule has 3 heterocycles. The lowest BCUT2D eigenvalue weighted by atomic mass is 9.98. The van der Waals surface area contributed by atoms with E-state index in [2.05, 4.69) is 74.1 Å². The van der Waals surface area contributed by atoms with Crippen molar-refractivity contribution in [1.29, 1.82) is 0 Å². The van der Waals surface area contributed by atoms with Gasteiger partial charge in [0.15, 0.2) is 5.82 Å². The van der Waals surface area contributed by atoms with Crippen molar-refractivity contribution < 1.29 is 9.47 Å². The zero-order chi connectivity index (χ0) is 26.5. The van der Waals surface area contributed by atoms with Crippen molar-refractivity contribution >= 4 is 39.3 Å². The van der Waals surface area contributed by atoms with Crippen LogP contribution in [0.4, 0.5) is 11.8 Å². The standard InChI is InChI=1S/C30H38N6O2/c1-4-5-14-32-29-28-27(33-30(31)34-29)24-10-6-7-11-25(24)36(28)20-23-18-21(12-13-26(23)38-3)22-9-8-15-35(19-22)16-17-37-2/h6-7,9-13,18H,4-5,8,14-17,19-20H2,1-3H3,(H3,31,32,33,34).